The molecule has 2 aromatic carbocycles. The van der Waals surface area contributed by atoms with Crippen LogP contribution in [-0.2, 0) is 4.79 Å². The molecule has 24 heavy (non-hydrogen) atoms. The first kappa shape index (κ1) is 16.6. The number of benzene rings is 2. The largest absolute Gasteiger partial charge is 0.349 e. The van der Waals surface area contributed by atoms with E-state index in [1.54, 1.807) is 12.1 Å². The number of carbonyl (C=O) groups is 1. The summed E-state index contributed by atoms with van der Waals surface area (Å²) >= 11 is 0. The highest BCUT2D eigenvalue weighted by molar-refractivity contribution is 5.80. The van der Waals surface area contributed by atoms with Crippen molar-refractivity contribution in [1.82, 2.24) is 16.2 Å². The predicted molar refractivity (Wildman–Crippen MR) is 91.5 cm³/mol. The van der Waals surface area contributed by atoms with E-state index in [1.807, 2.05) is 38.1 Å². The third kappa shape index (κ3) is 3.63. The van der Waals surface area contributed by atoms with Gasteiger partial charge in [-0.2, -0.15) is 0 Å². The highest BCUT2D eigenvalue weighted by Crippen LogP contribution is 2.26. The SMILES string of the molecule is Cc1ccc(C2NNCC2C(=O)NC(C)c2ccc(F)cc2)cc1. The minimum atomic E-state index is -0.277. The molecule has 5 heteroatoms. The second kappa shape index (κ2) is 7.11. The van der Waals surface area contributed by atoms with Crippen molar-refractivity contribution in [1.29, 1.82) is 0 Å². The molecule has 3 atom stereocenters. The molecule has 3 rings (SSSR count). The van der Waals surface area contributed by atoms with Crippen molar-refractivity contribution in [3.8, 4) is 0 Å². The van der Waals surface area contributed by atoms with E-state index in [0.717, 1.165) is 11.1 Å². The van der Waals surface area contributed by atoms with E-state index in [2.05, 4.69) is 16.2 Å². The Balaban J connectivity index is 1.69. The van der Waals surface area contributed by atoms with Crippen LogP contribution in [0.1, 0.15) is 35.7 Å². The quantitative estimate of drug-likeness (QED) is 0.809. The molecule has 4 nitrogen and oxygen atoms in total. The molecule has 0 spiro atoms. The van der Waals surface area contributed by atoms with Crippen molar-refractivity contribution >= 4 is 5.91 Å². The maximum atomic E-state index is 13.0. The lowest BCUT2D eigenvalue weighted by Crippen LogP contribution is -2.36. The molecule has 1 fully saturated rings. The summed E-state index contributed by atoms with van der Waals surface area (Å²) in [6.07, 6.45) is 0. The second-order valence-corrected chi connectivity index (χ2v) is 6.30. The smallest absolute Gasteiger partial charge is 0.226 e. The molecule has 3 unspecified atom stereocenters. The third-order valence-electron chi connectivity index (χ3n) is 4.48. The number of rotatable bonds is 4. The van der Waals surface area contributed by atoms with Gasteiger partial charge in [-0.1, -0.05) is 42.0 Å². The normalized spacial score (nSPS) is 21.5. The first-order valence-electron chi connectivity index (χ1n) is 8.15. The Morgan fingerprint density at radius 1 is 1.17 bits per heavy atom. The highest BCUT2D eigenvalue weighted by Gasteiger charge is 2.34. The molecule has 2 aromatic rings. The lowest BCUT2D eigenvalue weighted by Gasteiger charge is -2.21. The van der Waals surface area contributed by atoms with Crippen molar-refractivity contribution in [2.75, 3.05) is 6.54 Å². The van der Waals surface area contributed by atoms with Crippen LogP contribution < -0.4 is 16.2 Å². The van der Waals surface area contributed by atoms with Crippen LogP contribution in [0.5, 0.6) is 0 Å². The molecule has 1 amide bonds. The molecule has 0 aromatic heterocycles. The van der Waals surface area contributed by atoms with E-state index in [1.165, 1.54) is 17.7 Å². The molecule has 1 heterocycles. The molecule has 3 N–H and O–H groups in total. The molecule has 1 aliphatic heterocycles. The number of hydrogen-bond acceptors (Lipinski definition) is 3. The van der Waals surface area contributed by atoms with Crippen LogP contribution in [0.15, 0.2) is 48.5 Å². The maximum absolute atomic E-state index is 13.0. The number of halogens is 1. The molecule has 0 radical (unpaired) electrons. The van der Waals surface area contributed by atoms with Crippen molar-refractivity contribution < 1.29 is 9.18 Å². The van der Waals surface area contributed by atoms with Gasteiger partial charge in [-0.05, 0) is 37.1 Å². The van der Waals surface area contributed by atoms with Crippen molar-refractivity contribution in [2.24, 2.45) is 5.92 Å². The number of carbonyl (C=O) groups excluding carboxylic acids is 1. The van der Waals surface area contributed by atoms with Crippen LogP contribution in [0.2, 0.25) is 0 Å². The number of amides is 1. The molecule has 1 aliphatic rings. The van der Waals surface area contributed by atoms with Gasteiger partial charge in [-0.25, -0.2) is 9.82 Å². The van der Waals surface area contributed by atoms with Crippen LogP contribution in [0.3, 0.4) is 0 Å². The van der Waals surface area contributed by atoms with Gasteiger partial charge in [0.2, 0.25) is 5.91 Å². The summed E-state index contributed by atoms with van der Waals surface area (Å²) in [4.78, 5) is 12.7. The summed E-state index contributed by atoms with van der Waals surface area (Å²) in [5.41, 5.74) is 9.42. The average Bonchev–Trinajstić information content (AvgIpc) is 3.06. The van der Waals surface area contributed by atoms with E-state index in [0.29, 0.717) is 6.54 Å². The second-order valence-electron chi connectivity index (χ2n) is 6.30. The zero-order valence-corrected chi connectivity index (χ0v) is 13.8. The fourth-order valence-corrected chi connectivity index (χ4v) is 2.99. The molecule has 0 bridgehead atoms. The van der Waals surface area contributed by atoms with Gasteiger partial charge in [0.1, 0.15) is 5.82 Å². The van der Waals surface area contributed by atoms with Gasteiger partial charge in [0.05, 0.1) is 18.0 Å². The zero-order chi connectivity index (χ0) is 17.1. The molecule has 0 aliphatic carbocycles. The molecule has 0 saturated carbocycles. The Kier molecular flexibility index (Phi) is 4.92. The van der Waals surface area contributed by atoms with Gasteiger partial charge in [-0.3, -0.25) is 10.2 Å². The monoisotopic (exact) mass is 327 g/mol. The van der Waals surface area contributed by atoms with Gasteiger partial charge >= 0.3 is 0 Å². The van der Waals surface area contributed by atoms with Crippen LogP contribution in [-0.4, -0.2) is 12.5 Å². The van der Waals surface area contributed by atoms with Crippen molar-refractivity contribution in [3.63, 3.8) is 0 Å². The predicted octanol–water partition coefficient (Wildman–Crippen LogP) is 2.78. The van der Waals surface area contributed by atoms with Crippen molar-refractivity contribution in [3.05, 3.63) is 71.0 Å². The maximum Gasteiger partial charge on any atom is 0.226 e. The van der Waals surface area contributed by atoms with Crippen LogP contribution in [0, 0.1) is 18.7 Å². The van der Waals surface area contributed by atoms with Gasteiger partial charge in [0.25, 0.3) is 0 Å². The fourth-order valence-electron chi connectivity index (χ4n) is 2.99. The van der Waals surface area contributed by atoms with Crippen molar-refractivity contribution in [2.45, 2.75) is 25.9 Å². The van der Waals surface area contributed by atoms with E-state index in [4.69, 9.17) is 0 Å². The number of aryl methyl sites for hydroxylation is 1. The minimum Gasteiger partial charge on any atom is -0.349 e. The summed E-state index contributed by atoms with van der Waals surface area (Å²) < 4.78 is 13.0. The molecular weight excluding hydrogens is 305 g/mol. The van der Waals surface area contributed by atoms with E-state index < -0.39 is 0 Å². The number of hydrogen-bond donors (Lipinski definition) is 3. The van der Waals surface area contributed by atoms with Gasteiger partial charge in [0, 0.05) is 6.54 Å². The summed E-state index contributed by atoms with van der Waals surface area (Å²) in [7, 11) is 0. The third-order valence-corrected chi connectivity index (χ3v) is 4.48. The Labute approximate surface area is 141 Å². The molecule has 1 saturated heterocycles. The zero-order valence-electron chi connectivity index (χ0n) is 13.8. The van der Waals surface area contributed by atoms with Crippen LogP contribution >= 0.6 is 0 Å². The summed E-state index contributed by atoms with van der Waals surface area (Å²) in [5.74, 6) is -0.494. The Morgan fingerprint density at radius 2 is 1.83 bits per heavy atom. The van der Waals surface area contributed by atoms with Gasteiger partial charge < -0.3 is 5.32 Å². The van der Waals surface area contributed by atoms with E-state index in [9.17, 15) is 9.18 Å². The highest BCUT2D eigenvalue weighted by atomic mass is 19.1. The summed E-state index contributed by atoms with van der Waals surface area (Å²) in [5, 5.41) is 3.03. The minimum absolute atomic E-state index is 0.0186. The fraction of sp³-hybridized carbons (Fsp3) is 0.316. The van der Waals surface area contributed by atoms with Crippen LogP contribution in [0.4, 0.5) is 4.39 Å². The van der Waals surface area contributed by atoms with E-state index in [-0.39, 0.29) is 29.7 Å². The Morgan fingerprint density at radius 3 is 2.50 bits per heavy atom. The lowest BCUT2D eigenvalue weighted by molar-refractivity contribution is -0.125. The van der Waals surface area contributed by atoms with Gasteiger partial charge in [-0.15, -0.1) is 0 Å². The number of nitrogens with one attached hydrogen (secondary N) is 3. The topological polar surface area (TPSA) is 53.2 Å². The summed E-state index contributed by atoms with van der Waals surface area (Å²) in [6, 6.07) is 14.2. The first-order valence-corrected chi connectivity index (χ1v) is 8.15. The number of hydrazine groups is 1. The molecular formula is C19H22FN3O. The average molecular weight is 327 g/mol. The van der Waals surface area contributed by atoms with E-state index >= 15 is 0 Å². The Bertz CT molecular complexity index is 700. The standard InChI is InChI=1S/C19H22FN3O/c1-12-3-5-15(6-4-12)18-17(11-21-23-18)19(24)22-13(2)14-7-9-16(20)10-8-14/h3-10,13,17-18,21,23H,11H2,1-2H3,(H,22,24). The van der Waals surface area contributed by atoms with Crippen LogP contribution in [0.25, 0.3) is 0 Å². The summed E-state index contributed by atoms with van der Waals surface area (Å²) in [6.45, 7) is 4.51. The first-order chi connectivity index (χ1) is 11.5. The molecule has 126 valence electrons. The Hall–Kier alpha value is -2.24. The van der Waals surface area contributed by atoms with Gasteiger partial charge in [0.15, 0.2) is 0 Å². The lowest BCUT2D eigenvalue weighted by atomic mass is 9.93.